The van der Waals surface area contributed by atoms with Gasteiger partial charge in [0.05, 0.1) is 0 Å². The molecule has 8 rings (SSSR count). The summed E-state index contributed by atoms with van der Waals surface area (Å²) in [6.45, 7) is 0. The van der Waals surface area contributed by atoms with E-state index in [1.807, 2.05) is 121 Å². The number of hydrogen-bond donors (Lipinski definition) is 4. The Labute approximate surface area is 272 Å². The van der Waals surface area contributed by atoms with Crippen LogP contribution in [0.4, 0.5) is 0 Å². The summed E-state index contributed by atoms with van der Waals surface area (Å²) in [6.07, 6.45) is 1.41. The monoisotopic (exact) mass is 612 g/mol. The standard InChI is InChI=1S/C43H32O4/c44-40-20-19-27(33-10-3-6-14-37(33)40)21-31-24-30(35-12-5-8-16-39(35)42(31)46)25-32-23-29(34-11-4-7-15-38(34)43(32)47)22-28-18-17-26-9-1-2-13-36(26)41(28)45/h1-20,23-24,44-47H,21-22,25H2. The van der Waals surface area contributed by atoms with Gasteiger partial charge in [0.15, 0.2) is 0 Å². The Bertz CT molecular complexity index is 2490. The predicted molar refractivity (Wildman–Crippen MR) is 191 cm³/mol. The van der Waals surface area contributed by atoms with Gasteiger partial charge in [0, 0.05) is 40.8 Å². The lowest BCUT2D eigenvalue weighted by molar-refractivity contribution is 0.475. The highest BCUT2D eigenvalue weighted by Gasteiger charge is 2.18. The zero-order valence-corrected chi connectivity index (χ0v) is 25.6. The molecule has 0 aliphatic rings. The molecule has 0 heterocycles. The Kier molecular flexibility index (Phi) is 6.92. The van der Waals surface area contributed by atoms with E-state index < -0.39 is 0 Å². The van der Waals surface area contributed by atoms with Crippen LogP contribution in [0.2, 0.25) is 0 Å². The quantitative estimate of drug-likeness (QED) is 0.151. The molecule has 8 aromatic carbocycles. The number of benzene rings is 8. The smallest absolute Gasteiger partial charge is 0.126 e. The van der Waals surface area contributed by atoms with Gasteiger partial charge < -0.3 is 20.4 Å². The van der Waals surface area contributed by atoms with E-state index >= 15 is 0 Å². The van der Waals surface area contributed by atoms with Gasteiger partial charge in [-0.15, -0.1) is 0 Å². The lowest BCUT2D eigenvalue weighted by atomic mass is 9.88. The first-order valence-electron chi connectivity index (χ1n) is 15.8. The second-order valence-electron chi connectivity index (χ2n) is 12.3. The van der Waals surface area contributed by atoms with Gasteiger partial charge in [-0.1, -0.05) is 127 Å². The fourth-order valence-electron chi connectivity index (χ4n) is 7.12. The maximum atomic E-state index is 11.7. The molecule has 0 spiro atoms. The minimum atomic E-state index is 0.229. The molecule has 0 radical (unpaired) electrons. The van der Waals surface area contributed by atoms with Crippen LogP contribution in [0.3, 0.4) is 0 Å². The lowest BCUT2D eigenvalue weighted by Gasteiger charge is -2.17. The van der Waals surface area contributed by atoms with Crippen molar-refractivity contribution < 1.29 is 20.4 Å². The van der Waals surface area contributed by atoms with E-state index in [1.165, 1.54) is 0 Å². The van der Waals surface area contributed by atoms with Crippen LogP contribution in [0.1, 0.15) is 33.4 Å². The first-order valence-corrected chi connectivity index (χ1v) is 15.8. The summed E-state index contributed by atoms with van der Waals surface area (Å²) in [7, 11) is 0. The van der Waals surface area contributed by atoms with E-state index in [9.17, 15) is 20.4 Å². The second-order valence-corrected chi connectivity index (χ2v) is 12.3. The molecule has 47 heavy (non-hydrogen) atoms. The van der Waals surface area contributed by atoms with Gasteiger partial charge in [-0.25, -0.2) is 0 Å². The molecule has 4 heteroatoms. The Balaban J connectivity index is 1.25. The SMILES string of the molecule is Oc1c(Cc2cc(Cc3cc(Cc4ccc(O)c5ccccc45)c(O)c4ccccc34)c(O)c3ccccc23)ccc2ccccc12. The fraction of sp³-hybridized carbons (Fsp3) is 0.0698. The van der Waals surface area contributed by atoms with Gasteiger partial charge in [-0.05, 0) is 61.0 Å². The van der Waals surface area contributed by atoms with Crippen molar-refractivity contribution in [3.8, 4) is 23.0 Å². The molecule has 228 valence electrons. The Morgan fingerprint density at radius 2 is 0.702 bits per heavy atom. The van der Waals surface area contributed by atoms with Crippen LogP contribution in [-0.2, 0) is 19.3 Å². The molecule has 4 N–H and O–H groups in total. The fourth-order valence-corrected chi connectivity index (χ4v) is 7.12. The summed E-state index contributed by atoms with van der Waals surface area (Å²) < 4.78 is 0. The van der Waals surface area contributed by atoms with Crippen molar-refractivity contribution >= 4 is 43.1 Å². The molecule has 8 aromatic rings. The van der Waals surface area contributed by atoms with Crippen LogP contribution in [0.25, 0.3) is 43.1 Å². The second kappa shape index (κ2) is 11.4. The van der Waals surface area contributed by atoms with Gasteiger partial charge in [0.1, 0.15) is 23.0 Å². The van der Waals surface area contributed by atoms with Gasteiger partial charge in [-0.3, -0.25) is 0 Å². The maximum Gasteiger partial charge on any atom is 0.126 e. The zero-order chi connectivity index (χ0) is 32.1. The lowest BCUT2D eigenvalue weighted by Crippen LogP contribution is -1.99. The Morgan fingerprint density at radius 3 is 1.30 bits per heavy atom. The van der Waals surface area contributed by atoms with Crippen LogP contribution in [0, 0.1) is 0 Å². The molecule has 0 aromatic heterocycles. The summed E-state index contributed by atoms with van der Waals surface area (Å²) in [5, 5.41) is 51.8. The molecular weight excluding hydrogens is 580 g/mol. The molecule has 0 bridgehead atoms. The third-order valence-corrected chi connectivity index (χ3v) is 9.48. The normalized spacial score (nSPS) is 11.6. The molecule has 0 saturated heterocycles. The highest BCUT2D eigenvalue weighted by Crippen LogP contribution is 2.40. The number of phenols is 4. The topological polar surface area (TPSA) is 80.9 Å². The van der Waals surface area contributed by atoms with E-state index in [4.69, 9.17) is 0 Å². The summed E-state index contributed by atoms with van der Waals surface area (Å²) in [5.74, 6) is 0.970. The third kappa shape index (κ3) is 4.95. The van der Waals surface area contributed by atoms with Gasteiger partial charge in [0.2, 0.25) is 0 Å². The van der Waals surface area contributed by atoms with Crippen molar-refractivity contribution in [2.45, 2.75) is 19.3 Å². The molecule has 0 saturated carbocycles. The molecule has 0 fully saturated rings. The van der Waals surface area contributed by atoms with E-state index in [2.05, 4.69) is 6.07 Å². The summed E-state index contributed by atoms with van der Waals surface area (Å²) >= 11 is 0. The average molecular weight is 613 g/mol. The maximum absolute atomic E-state index is 11.7. The van der Waals surface area contributed by atoms with Crippen LogP contribution >= 0.6 is 0 Å². The number of fused-ring (bicyclic) bond motifs is 4. The van der Waals surface area contributed by atoms with Crippen molar-refractivity contribution in [1.29, 1.82) is 0 Å². The predicted octanol–water partition coefficient (Wildman–Crippen LogP) is 9.89. The Morgan fingerprint density at radius 1 is 0.298 bits per heavy atom. The third-order valence-electron chi connectivity index (χ3n) is 9.48. The van der Waals surface area contributed by atoms with Crippen molar-refractivity contribution in [1.82, 2.24) is 0 Å². The van der Waals surface area contributed by atoms with Gasteiger partial charge in [-0.2, -0.15) is 0 Å². The van der Waals surface area contributed by atoms with Crippen LogP contribution in [-0.4, -0.2) is 20.4 Å². The molecule has 4 nitrogen and oxygen atoms in total. The van der Waals surface area contributed by atoms with Crippen LogP contribution in [0.15, 0.2) is 133 Å². The number of phenolic OH excluding ortho intramolecular Hbond substituents is 4. The summed E-state index contributed by atoms with van der Waals surface area (Å²) in [6, 6.07) is 43.0. The molecule has 0 atom stereocenters. The van der Waals surface area contributed by atoms with Crippen LogP contribution in [0.5, 0.6) is 23.0 Å². The van der Waals surface area contributed by atoms with E-state index in [1.54, 1.807) is 6.07 Å². The number of aromatic hydroxyl groups is 4. The van der Waals surface area contributed by atoms with Gasteiger partial charge in [0.25, 0.3) is 0 Å². The van der Waals surface area contributed by atoms with Gasteiger partial charge >= 0.3 is 0 Å². The van der Waals surface area contributed by atoms with Crippen LogP contribution < -0.4 is 0 Å². The average Bonchev–Trinajstić information content (AvgIpc) is 3.11. The first kappa shape index (κ1) is 28.5. The number of rotatable bonds is 6. The highest BCUT2D eigenvalue weighted by atomic mass is 16.3. The van der Waals surface area contributed by atoms with E-state index in [-0.39, 0.29) is 23.0 Å². The van der Waals surface area contributed by atoms with E-state index in [0.29, 0.717) is 19.3 Å². The minimum Gasteiger partial charge on any atom is -0.507 e. The first-order chi connectivity index (χ1) is 23.0. The van der Waals surface area contributed by atoms with E-state index in [0.717, 1.165) is 76.5 Å². The molecule has 0 unspecified atom stereocenters. The molecule has 0 aliphatic carbocycles. The highest BCUT2D eigenvalue weighted by molar-refractivity contribution is 5.96. The van der Waals surface area contributed by atoms with Crippen molar-refractivity contribution in [2.24, 2.45) is 0 Å². The molecule has 0 amide bonds. The zero-order valence-electron chi connectivity index (χ0n) is 25.6. The van der Waals surface area contributed by atoms with Crippen molar-refractivity contribution in [3.05, 3.63) is 167 Å². The van der Waals surface area contributed by atoms with Crippen molar-refractivity contribution in [3.63, 3.8) is 0 Å². The molecule has 0 aliphatic heterocycles. The van der Waals surface area contributed by atoms with Crippen molar-refractivity contribution in [2.75, 3.05) is 0 Å². The summed E-state index contributed by atoms with van der Waals surface area (Å²) in [4.78, 5) is 0. The molecular formula is C43H32O4. The summed E-state index contributed by atoms with van der Waals surface area (Å²) in [5.41, 5.74) is 5.37. The Hall–Kier alpha value is -6.00. The largest absolute Gasteiger partial charge is 0.507 e. The number of hydrogen-bond acceptors (Lipinski definition) is 4. The minimum absolute atomic E-state index is 0.229.